The van der Waals surface area contributed by atoms with Gasteiger partial charge in [0.2, 0.25) is 0 Å². The predicted molar refractivity (Wildman–Crippen MR) is 74.2 cm³/mol. The summed E-state index contributed by atoms with van der Waals surface area (Å²) in [5.41, 5.74) is 1.21. The zero-order chi connectivity index (χ0) is 13.9. The Hall–Kier alpha value is -2.41. The van der Waals surface area contributed by atoms with Gasteiger partial charge in [0.05, 0.1) is 11.1 Å². The van der Waals surface area contributed by atoms with Crippen molar-refractivity contribution in [3.05, 3.63) is 47.2 Å². The lowest BCUT2D eigenvalue weighted by Crippen LogP contribution is -2.22. The van der Waals surface area contributed by atoms with Gasteiger partial charge in [-0.05, 0) is 11.4 Å². The van der Waals surface area contributed by atoms with Gasteiger partial charge in [0.25, 0.3) is 5.91 Å². The molecular formula is C13H12N4O2S. The SMILES string of the molecule is Cn1cc(CNC(=O)c2cc(-c3cccs3)on2)cn1. The van der Waals surface area contributed by atoms with Gasteiger partial charge in [0.15, 0.2) is 11.5 Å². The molecule has 3 rings (SSSR count). The molecule has 0 bridgehead atoms. The molecule has 0 spiro atoms. The highest BCUT2D eigenvalue weighted by molar-refractivity contribution is 7.13. The minimum Gasteiger partial charge on any atom is -0.355 e. The molecule has 7 heteroatoms. The maximum absolute atomic E-state index is 12.0. The number of hydrogen-bond donors (Lipinski definition) is 1. The number of carbonyl (C=O) groups excluding carboxylic acids is 1. The van der Waals surface area contributed by atoms with E-state index >= 15 is 0 Å². The van der Waals surface area contributed by atoms with Gasteiger partial charge in [-0.2, -0.15) is 5.10 Å². The van der Waals surface area contributed by atoms with Gasteiger partial charge in [-0.25, -0.2) is 0 Å². The fourth-order valence-corrected chi connectivity index (χ4v) is 2.43. The first-order valence-electron chi connectivity index (χ1n) is 5.99. The summed E-state index contributed by atoms with van der Waals surface area (Å²) >= 11 is 1.54. The maximum atomic E-state index is 12.0. The fraction of sp³-hybridized carbons (Fsp3) is 0.154. The predicted octanol–water partition coefficient (Wildman–Crippen LogP) is 2.07. The standard InChI is InChI=1S/C13H12N4O2S/c1-17-8-9(7-15-17)6-14-13(18)10-5-11(19-16-10)12-3-2-4-20-12/h2-5,7-8H,6H2,1H3,(H,14,18). The topological polar surface area (TPSA) is 73.0 Å². The molecule has 1 N–H and O–H groups in total. The molecule has 0 aromatic carbocycles. The monoisotopic (exact) mass is 288 g/mol. The van der Waals surface area contributed by atoms with E-state index < -0.39 is 0 Å². The van der Waals surface area contributed by atoms with Crippen LogP contribution in [0.4, 0.5) is 0 Å². The second-order valence-electron chi connectivity index (χ2n) is 4.26. The van der Waals surface area contributed by atoms with Gasteiger partial charge in [0.1, 0.15) is 0 Å². The van der Waals surface area contributed by atoms with E-state index in [9.17, 15) is 4.79 Å². The number of aryl methyl sites for hydroxylation is 1. The number of thiophene rings is 1. The summed E-state index contributed by atoms with van der Waals surface area (Å²) in [6.07, 6.45) is 3.56. The van der Waals surface area contributed by atoms with Gasteiger partial charge in [-0.15, -0.1) is 11.3 Å². The van der Waals surface area contributed by atoms with Crippen LogP contribution < -0.4 is 5.32 Å². The summed E-state index contributed by atoms with van der Waals surface area (Å²) in [5.74, 6) is 0.340. The average Bonchev–Trinajstić information content (AvgIpc) is 3.16. The van der Waals surface area contributed by atoms with Crippen molar-refractivity contribution in [2.45, 2.75) is 6.54 Å². The van der Waals surface area contributed by atoms with Crippen LogP contribution in [0.3, 0.4) is 0 Å². The number of amides is 1. The molecule has 3 heterocycles. The quantitative estimate of drug-likeness (QED) is 0.797. The van der Waals surface area contributed by atoms with Gasteiger partial charge < -0.3 is 9.84 Å². The minimum atomic E-state index is -0.264. The number of rotatable bonds is 4. The summed E-state index contributed by atoms with van der Waals surface area (Å²) < 4.78 is 6.86. The van der Waals surface area contributed by atoms with E-state index in [0.717, 1.165) is 10.4 Å². The normalized spacial score (nSPS) is 10.7. The lowest BCUT2D eigenvalue weighted by molar-refractivity contribution is 0.0942. The molecule has 6 nitrogen and oxygen atoms in total. The number of aromatic nitrogens is 3. The Balaban J connectivity index is 1.65. The van der Waals surface area contributed by atoms with E-state index in [1.807, 2.05) is 30.8 Å². The van der Waals surface area contributed by atoms with E-state index in [-0.39, 0.29) is 11.6 Å². The van der Waals surface area contributed by atoms with Crippen LogP contribution in [0.5, 0.6) is 0 Å². The van der Waals surface area contributed by atoms with Crippen LogP contribution in [-0.2, 0) is 13.6 Å². The van der Waals surface area contributed by atoms with Crippen molar-refractivity contribution in [2.24, 2.45) is 7.05 Å². The molecule has 0 saturated carbocycles. The molecule has 0 unspecified atom stereocenters. The second kappa shape index (κ2) is 5.30. The van der Waals surface area contributed by atoms with E-state index in [0.29, 0.717) is 12.3 Å². The molecule has 20 heavy (non-hydrogen) atoms. The average molecular weight is 288 g/mol. The van der Waals surface area contributed by atoms with E-state index in [4.69, 9.17) is 4.52 Å². The van der Waals surface area contributed by atoms with Gasteiger partial charge >= 0.3 is 0 Å². The lowest BCUT2D eigenvalue weighted by Gasteiger charge is -1.98. The molecule has 0 radical (unpaired) electrons. The summed E-state index contributed by atoms with van der Waals surface area (Å²) in [7, 11) is 1.83. The summed E-state index contributed by atoms with van der Waals surface area (Å²) in [4.78, 5) is 12.9. The number of carbonyl (C=O) groups is 1. The summed E-state index contributed by atoms with van der Waals surface area (Å²) in [6, 6.07) is 5.48. The number of hydrogen-bond acceptors (Lipinski definition) is 5. The van der Waals surface area contributed by atoms with E-state index in [2.05, 4.69) is 15.6 Å². The smallest absolute Gasteiger partial charge is 0.273 e. The summed E-state index contributed by atoms with van der Waals surface area (Å²) in [6.45, 7) is 0.411. The van der Waals surface area contributed by atoms with Gasteiger partial charge in [-0.1, -0.05) is 11.2 Å². The fourth-order valence-electron chi connectivity index (χ4n) is 1.75. The second-order valence-corrected chi connectivity index (χ2v) is 5.21. The number of nitrogens with one attached hydrogen (secondary N) is 1. The van der Waals surface area contributed by atoms with Gasteiger partial charge in [0, 0.05) is 31.4 Å². The Morgan fingerprint density at radius 3 is 3.15 bits per heavy atom. The molecule has 102 valence electrons. The third-order valence-corrected chi connectivity index (χ3v) is 3.60. The molecule has 0 fully saturated rings. The molecule has 0 saturated heterocycles. The van der Waals surface area contributed by atoms with Crippen LogP contribution in [0.2, 0.25) is 0 Å². The van der Waals surface area contributed by atoms with Gasteiger partial charge in [-0.3, -0.25) is 9.48 Å². The van der Waals surface area contributed by atoms with Crippen LogP contribution >= 0.6 is 11.3 Å². The Labute approximate surface area is 119 Å². The number of nitrogens with zero attached hydrogens (tertiary/aromatic N) is 3. The zero-order valence-electron chi connectivity index (χ0n) is 10.7. The molecular weight excluding hydrogens is 276 g/mol. The molecule has 3 aromatic heterocycles. The Kier molecular flexibility index (Phi) is 3.34. The van der Waals surface area contributed by atoms with Crippen molar-refractivity contribution in [3.63, 3.8) is 0 Å². The van der Waals surface area contributed by atoms with Crippen LogP contribution in [0.25, 0.3) is 10.6 Å². The van der Waals surface area contributed by atoms with Crippen molar-refractivity contribution in [3.8, 4) is 10.6 Å². The molecule has 0 aliphatic carbocycles. The first-order valence-corrected chi connectivity index (χ1v) is 6.86. The third kappa shape index (κ3) is 2.62. The molecule has 0 aliphatic heterocycles. The van der Waals surface area contributed by atoms with Crippen LogP contribution in [0.1, 0.15) is 16.1 Å². The van der Waals surface area contributed by atoms with Crippen LogP contribution in [0, 0.1) is 0 Å². The third-order valence-electron chi connectivity index (χ3n) is 2.72. The Morgan fingerprint density at radius 1 is 1.55 bits per heavy atom. The van der Waals surface area contributed by atoms with Crippen molar-refractivity contribution in [1.29, 1.82) is 0 Å². The van der Waals surface area contributed by atoms with Crippen LogP contribution in [0.15, 0.2) is 40.5 Å². The maximum Gasteiger partial charge on any atom is 0.273 e. The highest BCUT2D eigenvalue weighted by atomic mass is 32.1. The van der Waals surface area contributed by atoms with Crippen molar-refractivity contribution < 1.29 is 9.32 Å². The highest BCUT2D eigenvalue weighted by Gasteiger charge is 2.14. The molecule has 0 atom stereocenters. The zero-order valence-corrected chi connectivity index (χ0v) is 11.6. The van der Waals surface area contributed by atoms with Crippen molar-refractivity contribution in [1.82, 2.24) is 20.3 Å². The molecule has 0 aliphatic rings. The Morgan fingerprint density at radius 2 is 2.45 bits per heavy atom. The lowest BCUT2D eigenvalue weighted by atomic mass is 10.3. The summed E-state index contributed by atoms with van der Waals surface area (Å²) in [5, 5.41) is 12.5. The Bertz CT molecular complexity index is 714. The van der Waals surface area contributed by atoms with Crippen LogP contribution in [-0.4, -0.2) is 20.8 Å². The largest absolute Gasteiger partial charge is 0.355 e. The molecule has 1 amide bonds. The van der Waals surface area contributed by atoms with E-state index in [1.54, 1.807) is 16.9 Å². The first-order chi connectivity index (χ1) is 9.72. The van der Waals surface area contributed by atoms with Crippen molar-refractivity contribution >= 4 is 17.2 Å². The van der Waals surface area contributed by atoms with E-state index in [1.165, 1.54) is 11.3 Å². The minimum absolute atomic E-state index is 0.264. The molecule has 3 aromatic rings. The van der Waals surface area contributed by atoms with Crippen molar-refractivity contribution in [2.75, 3.05) is 0 Å². The first kappa shape index (κ1) is 12.6. The highest BCUT2D eigenvalue weighted by Crippen LogP contribution is 2.24.